The maximum atomic E-state index is 13.4. The predicted octanol–water partition coefficient (Wildman–Crippen LogP) is 3.72. The van der Waals surface area contributed by atoms with Crippen LogP contribution in [0.25, 0.3) is 0 Å². The maximum absolute atomic E-state index is 13.4. The van der Waals surface area contributed by atoms with Gasteiger partial charge in [-0.25, -0.2) is 8.78 Å². The summed E-state index contributed by atoms with van der Waals surface area (Å²) in [5, 5.41) is 5.43. The molecule has 0 saturated carbocycles. The average molecular weight is 543 g/mol. The number of amides is 3. The van der Waals surface area contributed by atoms with Gasteiger partial charge in [0.1, 0.15) is 12.6 Å². The molecule has 36 heavy (non-hydrogen) atoms. The highest BCUT2D eigenvalue weighted by molar-refractivity contribution is 7.18. The molecule has 3 rings (SSSR count). The lowest BCUT2D eigenvalue weighted by Crippen LogP contribution is -2.53. The molecule has 1 aromatic heterocycles. The van der Waals surface area contributed by atoms with Gasteiger partial charge in [0.05, 0.1) is 22.4 Å². The molecule has 1 fully saturated rings. The number of carbonyl (C=O) groups excluding carboxylic acids is 3. The minimum absolute atomic E-state index is 0.0104. The van der Waals surface area contributed by atoms with Gasteiger partial charge in [-0.3, -0.25) is 19.3 Å². The van der Waals surface area contributed by atoms with Crippen molar-refractivity contribution in [2.45, 2.75) is 26.3 Å². The van der Waals surface area contributed by atoms with Gasteiger partial charge in [-0.1, -0.05) is 25.4 Å². The van der Waals surface area contributed by atoms with Crippen molar-refractivity contribution in [3.05, 3.63) is 45.6 Å². The van der Waals surface area contributed by atoms with Gasteiger partial charge in [-0.15, -0.1) is 11.3 Å². The van der Waals surface area contributed by atoms with Crippen LogP contribution in [0.4, 0.5) is 20.2 Å². The van der Waals surface area contributed by atoms with E-state index in [1.165, 1.54) is 4.90 Å². The number of rotatable bonds is 11. The van der Waals surface area contributed by atoms with Gasteiger partial charge in [0.2, 0.25) is 5.91 Å². The standard InChI is InChI=1S/C24H29ClF2N4O4S/c1-15(2)12-30(13-21(26)27)18(11-28-24(34)19-7-8-20(25)36-19)23(33)29-16-3-5-17(6-4-16)31-9-10-35-14-22(31)32/h3-8,15,18,21H,9-14H2,1-2H3,(H,28,34)(H,29,33)/t18-/m0/s1. The smallest absolute Gasteiger partial charge is 0.261 e. The monoisotopic (exact) mass is 542 g/mol. The highest BCUT2D eigenvalue weighted by Gasteiger charge is 2.30. The summed E-state index contributed by atoms with van der Waals surface area (Å²) in [6, 6.07) is 8.77. The molecular formula is C24H29ClF2N4O4S. The minimum atomic E-state index is -2.66. The molecule has 2 aromatic rings. The molecule has 0 spiro atoms. The Bertz CT molecular complexity index is 1040. The second-order valence-corrected chi connectivity index (χ2v) is 10.4. The molecule has 0 aliphatic carbocycles. The van der Waals surface area contributed by atoms with Gasteiger partial charge in [-0.2, -0.15) is 0 Å². The summed E-state index contributed by atoms with van der Waals surface area (Å²) >= 11 is 6.98. The molecule has 8 nitrogen and oxygen atoms in total. The number of thiophene rings is 1. The number of alkyl halides is 2. The minimum Gasteiger partial charge on any atom is -0.370 e. The van der Waals surface area contributed by atoms with E-state index in [1.54, 1.807) is 41.3 Å². The maximum Gasteiger partial charge on any atom is 0.261 e. The first kappa shape index (κ1) is 28.0. The summed E-state index contributed by atoms with van der Waals surface area (Å²) in [6.45, 7) is 4.07. The highest BCUT2D eigenvalue weighted by Crippen LogP contribution is 2.22. The summed E-state index contributed by atoms with van der Waals surface area (Å²) in [5.41, 5.74) is 1.10. The zero-order valence-electron chi connectivity index (χ0n) is 20.0. The first-order chi connectivity index (χ1) is 17.1. The second-order valence-electron chi connectivity index (χ2n) is 8.70. The van der Waals surface area contributed by atoms with Crippen LogP contribution < -0.4 is 15.5 Å². The van der Waals surface area contributed by atoms with E-state index in [0.29, 0.717) is 33.7 Å². The van der Waals surface area contributed by atoms with Gasteiger partial charge in [0.25, 0.3) is 18.2 Å². The lowest BCUT2D eigenvalue weighted by molar-refractivity contribution is -0.125. The molecule has 1 aromatic carbocycles. The molecule has 2 N–H and O–H groups in total. The normalized spacial score (nSPS) is 15.0. The number of morpholine rings is 1. The van der Waals surface area contributed by atoms with E-state index in [9.17, 15) is 23.2 Å². The van der Waals surface area contributed by atoms with E-state index in [4.69, 9.17) is 16.3 Å². The summed E-state index contributed by atoms with van der Waals surface area (Å²) in [6.07, 6.45) is -2.66. The lowest BCUT2D eigenvalue weighted by Gasteiger charge is -2.32. The highest BCUT2D eigenvalue weighted by atomic mass is 35.5. The number of ether oxygens (including phenoxy) is 1. The van der Waals surface area contributed by atoms with Crippen molar-refractivity contribution in [3.8, 4) is 0 Å². The molecular weight excluding hydrogens is 514 g/mol. The fraction of sp³-hybridized carbons (Fsp3) is 0.458. The SMILES string of the molecule is CC(C)CN(CC(F)F)[C@@H](CNC(=O)c1ccc(Cl)s1)C(=O)Nc1ccc(N2CCOCC2=O)cc1. The number of nitrogens with one attached hydrogen (secondary N) is 2. The molecule has 0 radical (unpaired) electrons. The molecule has 196 valence electrons. The molecule has 1 atom stereocenters. The van der Waals surface area contributed by atoms with Crippen LogP contribution in [0.15, 0.2) is 36.4 Å². The molecule has 12 heteroatoms. The van der Waals surface area contributed by atoms with E-state index in [0.717, 1.165) is 11.3 Å². The number of anilines is 2. The molecule has 0 unspecified atom stereocenters. The Balaban J connectivity index is 1.74. The van der Waals surface area contributed by atoms with Crippen LogP contribution in [0.2, 0.25) is 4.34 Å². The third-order valence-electron chi connectivity index (χ3n) is 5.40. The third-order valence-corrected chi connectivity index (χ3v) is 6.63. The first-order valence-corrected chi connectivity index (χ1v) is 12.7. The van der Waals surface area contributed by atoms with E-state index in [2.05, 4.69) is 10.6 Å². The number of halogens is 3. The van der Waals surface area contributed by atoms with Crippen LogP contribution in [0, 0.1) is 5.92 Å². The van der Waals surface area contributed by atoms with Gasteiger partial charge in [0.15, 0.2) is 0 Å². The zero-order valence-corrected chi connectivity index (χ0v) is 21.6. The van der Waals surface area contributed by atoms with Gasteiger partial charge < -0.3 is 20.3 Å². The second kappa shape index (κ2) is 13.1. The molecule has 2 heterocycles. The number of hydrogen-bond donors (Lipinski definition) is 2. The summed E-state index contributed by atoms with van der Waals surface area (Å²) in [7, 11) is 0. The Hall–Kier alpha value is -2.60. The summed E-state index contributed by atoms with van der Waals surface area (Å²) in [5.74, 6) is -1.12. The van der Waals surface area contributed by atoms with Crippen LogP contribution in [-0.4, -0.2) is 74.5 Å². The van der Waals surface area contributed by atoms with E-state index < -0.39 is 30.8 Å². The molecule has 1 saturated heterocycles. The largest absolute Gasteiger partial charge is 0.370 e. The molecule has 0 bridgehead atoms. The van der Waals surface area contributed by atoms with Crippen molar-refractivity contribution in [2.24, 2.45) is 5.92 Å². The van der Waals surface area contributed by atoms with E-state index >= 15 is 0 Å². The Labute approximate surface area is 217 Å². The average Bonchev–Trinajstić information content (AvgIpc) is 3.25. The molecule has 1 aliphatic rings. The summed E-state index contributed by atoms with van der Waals surface area (Å²) in [4.78, 5) is 41.2. The van der Waals surface area contributed by atoms with Crippen LogP contribution in [0.5, 0.6) is 0 Å². The van der Waals surface area contributed by atoms with Crippen molar-refractivity contribution < 1.29 is 27.9 Å². The Kier molecular flexibility index (Phi) is 10.2. The van der Waals surface area contributed by atoms with Crippen LogP contribution in [0.1, 0.15) is 23.5 Å². The van der Waals surface area contributed by atoms with Gasteiger partial charge >= 0.3 is 0 Å². The molecule has 3 amide bonds. The number of nitrogens with zero attached hydrogens (tertiary/aromatic N) is 2. The quantitative estimate of drug-likeness (QED) is 0.451. The Morgan fingerprint density at radius 3 is 2.47 bits per heavy atom. The van der Waals surface area contributed by atoms with E-state index in [1.807, 2.05) is 13.8 Å². The van der Waals surface area contributed by atoms with Crippen molar-refractivity contribution in [3.63, 3.8) is 0 Å². The zero-order chi connectivity index (χ0) is 26.2. The van der Waals surface area contributed by atoms with Crippen LogP contribution >= 0.6 is 22.9 Å². The van der Waals surface area contributed by atoms with Crippen LogP contribution in [0.3, 0.4) is 0 Å². The number of hydrogen-bond acceptors (Lipinski definition) is 6. The van der Waals surface area contributed by atoms with E-state index in [-0.39, 0.29) is 31.5 Å². The lowest BCUT2D eigenvalue weighted by atomic mass is 10.1. The molecule has 1 aliphatic heterocycles. The summed E-state index contributed by atoms with van der Waals surface area (Å²) < 4.78 is 32.4. The fourth-order valence-corrected chi connectivity index (χ4v) is 4.78. The van der Waals surface area contributed by atoms with Gasteiger partial charge in [0, 0.05) is 31.0 Å². The van der Waals surface area contributed by atoms with Crippen molar-refractivity contribution in [2.75, 3.05) is 49.6 Å². The number of benzene rings is 1. The van der Waals surface area contributed by atoms with Gasteiger partial charge in [-0.05, 0) is 42.3 Å². The topological polar surface area (TPSA) is 91.0 Å². The Morgan fingerprint density at radius 1 is 1.17 bits per heavy atom. The van der Waals surface area contributed by atoms with Crippen molar-refractivity contribution in [1.29, 1.82) is 0 Å². The van der Waals surface area contributed by atoms with Crippen molar-refractivity contribution >= 4 is 52.0 Å². The van der Waals surface area contributed by atoms with Crippen molar-refractivity contribution in [1.82, 2.24) is 10.2 Å². The predicted molar refractivity (Wildman–Crippen MR) is 136 cm³/mol. The first-order valence-electron chi connectivity index (χ1n) is 11.5. The Morgan fingerprint density at radius 2 is 1.89 bits per heavy atom. The van der Waals surface area contributed by atoms with Crippen LogP contribution in [-0.2, 0) is 14.3 Å². The third kappa shape index (κ3) is 7.95. The fourth-order valence-electron chi connectivity index (χ4n) is 3.82. The number of carbonyl (C=O) groups is 3.